The highest BCUT2D eigenvalue weighted by Crippen LogP contribution is 2.32. The molecule has 1 aromatic heterocycles. The maximum atomic E-state index is 13.8. The van der Waals surface area contributed by atoms with Gasteiger partial charge in [-0.1, -0.05) is 18.2 Å². The average Bonchev–Trinajstić information content (AvgIpc) is 2.76. The van der Waals surface area contributed by atoms with Gasteiger partial charge in [0.05, 0.1) is 18.1 Å². The molecular formula is C24H18F2O5. The molecule has 0 aliphatic rings. The molecule has 0 unspecified atom stereocenters. The van der Waals surface area contributed by atoms with Gasteiger partial charge < -0.3 is 18.6 Å². The topological polar surface area (TPSA) is 57.9 Å². The van der Waals surface area contributed by atoms with Crippen LogP contribution in [0.15, 0.2) is 69.9 Å². The van der Waals surface area contributed by atoms with E-state index in [2.05, 4.69) is 0 Å². The molecule has 0 radical (unpaired) electrons. The van der Waals surface area contributed by atoms with Crippen LogP contribution < -0.4 is 19.6 Å². The van der Waals surface area contributed by atoms with Gasteiger partial charge in [-0.2, -0.15) is 0 Å². The molecule has 158 valence electrons. The van der Waals surface area contributed by atoms with E-state index in [1.54, 1.807) is 31.2 Å². The summed E-state index contributed by atoms with van der Waals surface area (Å²) in [5, 5.41) is 0.278. The van der Waals surface area contributed by atoms with Gasteiger partial charge in [0, 0.05) is 6.07 Å². The molecule has 0 N–H and O–H groups in total. The quantitative estimate of drug-likeness (QED) is 0.394. The number of para-hydroxylation sites is 2. The number of methoxy groups -OCH3 is 1. The first-order valence-electron chi connectivity index (χ1n) is 9.42. The zero-order chi connectivity index (χ0) is 22.0. The van der Waals surface area contributed by atoms with Gasteiger partial charge in [-0.15, -0.1) is 0 Å². The molecule has 0 saturated carbocycles. The van der Waals surface area contributed by atoms with Crippen LogP contribution >= 0.6 is 0 Å². The highest BCUT2D eigenvalue weighted by molar-refractivity contribution is 5.79. The predicted molar refractivity (Wildman–Crippen MR) is 111 cm³/mol. The number of aryl methyl sites for hydroxylation is 1. The van der Waals surface area contributed by atoms with E-state index in [1.807, 2.05) is 0 Å². The first-order chi connectivity index (χ1) is 15.0. The smallest absolute Gasteiger partial charge is 0.235 e. The van der Waals surface area contributed by atoms with Crippen LogP contribution in [0.3, 0.4) is 0 Å². The minimum atomic E-state index is -0.693. The van der Waals surface area contributed by atoms with Crippen molar-refractivity contribution in [2.24, 2.45) is 0 Å². The number of halogens is 2. The van der Waals surface area contributed by atoms with E-state index in [-0.39, 0.29) is 40.1 Å². The van der Waals surface area contributed by atoms with E-state index in [0.717, 1.165) is 12.1 Å². The Morgan fingerprint density at radius 3 is 2.35 bits per heavy atom. The third-order valence-corrected chi connectivity index (χ3v) is 4.71. The van der Waals surface area contributed by atoms with Gasteiger partial charge in [0.2, 0.25) is 11.2 Å². The molecule has 4 rings (SSSR count). The second kappa shape index (κ2) is 8.47. The van der Waals surface area contributed by atoms with Crippen molar-refractivity contribution in [1.29, 1.82) is 0 Å². The van der Waals surface area contributed by atoms with Crippen LogP contribution in [0.5, 0.6) is 23.0 Å². The molecule has 31 heavy (non-hydrogen) atoms. The Morgan fingerprint density at radius 1 is 0.935 bits per heavy atom. The lowest BCUT2D eigenvalue weighted by Crippen LogP contribution is -2.08. The Kier molecular flexibility index (Phi) is 5.58. The van der Waals surface area contributed by atoms with Gasteiger partial charge in [0.1, 0.15) is 35.3 Å². The average molecular weight is 424 g/mol. The van der Waals surface area contributed by atoms with Crippen LogP contribution in [0.4, 0.5) is 8.78 Å². The SMILES string of the molecule is COc1ccccc1Oc1c(C)oc2cc(OCc3c(F)cccc3F)ccc2c1=O. The lowest BCUT2D eigenvalue weighted by atomic mass is 10.2. The largest absolute Gasteiger partial charge is 0.493 e. The fourth-order valence-corrected chi connectivity index (χ4v) is 3.11. The summed E-state index contributed by atoms with van der Waals surface area (Å²) in [6.07, 6.45) is 0. The number of hydrogen-bond donors (Lipinski definition) is 0. The molecule has 0 aliphatic heterocycles. The van der Waals surface area contributed by atoms with E-state index in [0.29, 0.717) is 17.2 Å². The molecule has 3 aromatic carbocycles. The summed E-state index contributed by atoms with van der Waals surface area (Å²) in [7, 11) is 1.51. The van der Waals surface area contributed by atoms with Crippen LogP contribution in [0.25, 0.3) is 11.0 Å². The van der Waals surface area contributed by atoms with E-state index in [9.17, 15) is 13.6 Å². The molecule has 0 fully saturated rings. The Hall–Kier alpha value is -3.87. The predicted octanol–water partition coefficient (Wildman–Crippen LogP) is 5.76. The third kappa shape index (κ3) is 4.07. The third-order valence-electron chi connectivity index (χ3n) is 4.71. The van der Waals surface area contributed by atoms with Gasteiger partial charge in [-0.05, 0) is 43.3 Å². The van der Waals surface area contributed by atoms with E-state index >= 15 is 0 Å². The van der Waals surface area contributed by atoms with Gasteiger partial charge >= 0.3 is 0 Å². The number of fused-ring (bicyclic) bond motifs is 1. The molecule has 0 spiro atoms. The summed E-state index contributed by atoms with van der Waals surface area (Å²) in [4.78, 5) is 13.0. The normalized spacial score (nSPS) is 10.8. The molecule has 5 nitrogen and oxygen atoms in total. The van der Waals surface area contributed by atoms with Crippen LogP contribution in [0.2, 0.25) is 0 Å². The lowest BCUT2D eigenvalue weighted by Gasteiger charge is -2.12. The van der Waals surface area contributed by atoms with E-state index in [4.69, 9.17) is 18.6 Å². The second-order valence-corrected chi connectivity index (χ2v) is 6.72. The Morgan fingerprint density at radius 2 is 1.65 bits per heavy atom. The Labute approximate surface area is 176 Å². The molecule has 0 bridgehead atoms. The molecule has 0 atom stereocenters. The van der Waals surface area contributed by atoms with Gasteiger partial charge in [-0.3, -0.25) is 4.79 Å². The Bertz CT molecular complexity index is 1290. The zero-order valence-corrected chi connectivity index (χ0v) is 16.8. The van der Waals surface area contributed by atoms with Crippen molar-refractivity contribution >= 4 is 11.0 Å². The van der Waals surface area contributed by atoms with Gasteiger partial charge in [0.25, 0.3) is 0 Å². The highest BCUT2D eigenvalue weighted by atomic mass is 19.1. The number of hydrogen-bond acceptors (Lipinski definition) is 5. The fourth-order valence-electron chi connectivity index (χ4n) is 3.11. The van der Waals surface area contributed by atoms with Crippen molar-refractivity contribution in [2.75, 3.05) is 7.11 Å². The van der Waals surface area contributed by atoms with Crippen molar-refractivity contribution in [3.05, 3.63) is 93.8 Å². The summed E-state index contributed by atoms with van der Waals surface area (Å²) < 4.78 is 49.9. The molecule has 0 saturated heterocycles. The minimum Gasteiger partial charge on any atom is -0.493 e. The molecule has 7 heteroatoms. The second-order valence-electron chi connectivity index (χ2n) is 6.72. The summed E-state index contributed by atoms with van der Waals surface area (Å²) in [6, 6.07) is 15.1. The molecule has 4 aromatic rings. The highest BCUT2D eigenvalue weighted by Gasteiger charge is 2.17. The van der Waals surface area contributed by atoms with Crippen LogP contribution in [0, 0.1) is 18.6 Å². The molecule has 1 heterocycles. The summed E-state index contributed by atoms with van der Waals surface area (Å²) >= 11 is 0. The number of ether oxygens (including phenoxy) is 3. The standard InChI is InChI=1S/C24H18F2O5/c1-14-24(31-21-9-4-3-8-20(21)28-2)23(27)16-11-10-15(12-22(16)30-14)29-13-17-18(25)6-5-7-19(17)26/h3-12H,13H2,1-2H3. The summed E-state index contributed by atoms with van der Waals surface area (Å²) in [6.45, 7) is 1.30. The van der Waals surface area contributed by atoms with Gasteiger partial charge in [-0.25, -0.2) is 8.78 Å². The molecule has 0 aliphatic carbocycles. The molecular weight excluding hydrogens is 406 g/mol. The van der Waals surface area contributed by atoms with E-state index in [1.165, 1.54) is 31.4 Å². The summed E-state index contributed by atoms with van der Waals surface area (Å²) in [5.74, 6) is 0.0793. The first-order valence-corrected chi connectivity index (χ1v) is 9.42. The molecule has 0 amide bonds. The maximum Gasteiger partial charge on any atom is 0.235 e. The number of benzene rings is 3. The van der Waals surface area contributed by atoms with Crippen molar-refractivity contribution in [3.63, 3.8) is 0 Å². The number of rotatable bonds is 6. The minimum absolute atomic E-state index is 0.0408. The van der Waals surface area contributed by atoms with Crippen molar-refractivity contribution in [1.82, 2.24) is 0 Å². The zero-order valence-electron chi connectivity index (χ0n) is 16.8. The first kappa shape index (κ1) is 20.4. The fraction of sp³-hybridized carbons (Fsp3) is 0.125. The van der Waals surface area contributed by atoms with Gasteiger partial charge in [0.15, 0.2) is 11.5 Å². The summed E-state index contributed by atoms with van der Waals surface area (Å²) in [5.41, 5.74) is -0.279. The monoisotopic (exact) mass is 424 g/mol. The van der Waals surface area contributed by atoms with Crippen LogP contribution in [-0.2, 0) is 6.61 Å². The Balaban J connectivity index is 1.64. The van der Waals surface area contributed by atoms with Crippen LogP contribution in [-0.4, -0.2) is 7.11 Å². The van der Waals surface area contributed by atoms with E-state index < -0.39 is 11.6 Å². The van der Waals surface area contributed by atoms with Crippen molar-refractivity contribution < 1.29 is 27.4 Å². The van der Waals surface area contributed by atoms with Crippen molar-refractivity contribution in [2.45, 2.75) is 13.5 Å². The lowest BCUT2D eigenvalue weighted by molar-refractivity contribution is 0.292. The van der Waals surface area contributed by atoms with Crippen molar-refractivity contribution in [3.8, 4) is 23.0 Å². The van der Waals surface area contributed by atoms with Crippen LogP contribution in [0.1, 0.15) is 11.3 Å². The maximum absolute atomic E-state index is 13.8.